The van der Waals surface area contributed by atoms with Gasteiger partial charge in [0.1, 0.15) is 0 Å². The molecule has 0 saturated heterocycles. The van der Waals surface area contributed by atoms with Crippen LogP contribution in [0.3, 0.4) is 0 Å². The van der Waals surface area contributed by atoms with E-state index in [1.807, 2.05) is 0 Å². The van der Waals surface area contributed by atoms with Gasteiger partial charge in [-0.1, -0.05) is 13.8 Å². The molecule has 1 amide bonds. The van der Waals surface area contributed by atoms with Gasteiger partial charge in [-0.25, -0.2) is 0 Å². The van der Waals surface area contributed by atoms with E-state index in [-0.39, 0.29) is 5.72 Å². The standard InChI is InChI=1S/C5H11NO/c1-4(2)3-5(6)7/h4H,3H2,1-2H3,(H2,6,7)/i3D2/hD2. The van der Waals surface area contributed by atoms with Crippen LogP contribution in [-0.2, 0) is 4.79 Å². The van der Waals surface area contributed by atoms with Crippen molar-refractivity contribution in [3.63, 3.8) is 0 Å². The summed E-state index contributed by atoms with van der Waals surface area (Å²) in [7, 11) is 0. The van der Waals surface area contributed by atoms with E-state index >= 15 is 0 Å². The Morgan fingerprint density at radius 2 is 2.71 bits per heavy atom. The molecule has 0 spiro atoms. The molecule has 0 aromatic heterocycles. The normalized spacial score (nSPS) is 19.3. The van der Waals surface area contributed by atoms with Gasteiger partial charge in [-0.2, -0.15) is 0 Å². The maximum absolute atomic E-state index is 10.8. The average Bonchev–Trinajstić information content (AvgIpc) is 1.85. The number of nitrogens with two attached hydrogens (primary N) is 1. The molecule has 0 heterocycles. The van der Waals surface area contributed by atoms with Gasteiger partial charge in [0, 0.05) is 9.11 Å². The van der Waals surface area contributed by atoms with Crippen molar-refractivity contribution < 1.29 is 10.4 Å². The van der Waals surface area contributed by atoms with Crippen molar-refractivity contribution in [3.8, 4) is 0 Å². The Kier molecular flexibility index (Phi) is 0.805. The summed E-state index contributed by atoms with van der Waals surface area (Å²) in [6.07, 6.45) is -2.11. The van der Waals surface area contributed by atoms with Crippen molar-refractivity contribution in [3.05, 3.63) is 0 Å². The smallest absolute Gasteiger partial charge is 0.217 e. The Balaban J connectivity index is 4.43. The predicted molar refractivity (Wildman–Crippen MR) is 28.6 cm³/mol. The molecule has 0 aliphatic heterocycles. The average molecular weight is 105 g/mol. The molecule has 0 aromatic rings. The van der Waals surface area contributed by atoms with Crippen molar-refractivity contribution in [1.82, 2.24) is 0 Å². The number of carbonyl (C=O) groups is 1. The van der Waals surface area contributed by atoms with Crippen molar-refractivity contribution in [2.24, 2.45) is 11.6 Å². The monoisotopic (exact) mass is 105 g/mol. The Labute approximate surface area is 49.4 Å². The lowest BCUT2D eigenvalue weighted by atomic mass is 10.1. The molecule has 0 aromatic carbocycles. The van der Waals surface area contributed by atoms with Crippen LogP contribution >= 0.6 is 0 Å². The first kappa shape index (κ1) is 2.16. The zero-order valence-corrected chi connectivity index (χ0v) is 4.43. The summed E-state index contributed by atoms with van der Waals surface area (Å²) >= 11 is 0. The molecule has 0 saturated carbocycles. The van der Waals surface area contributed by atoms with Gasteiger partial charge in [0.15, 0.2) is 2.82 Å². The van der Waals surface area contributed by atoms with Gasteiger partial charge in [0.25, 0.3) is 0 Å². The van der Waals surface area contributed by atoms with Crippen molar-refractivity contribution in [2.75, 3.05) is 0 Å². The first-order chi connectivity index (χ1) is 4.80. The lowest BCUT2D eigenvalue weighted by Crippen LogP contribution is -2.12. The van der Waals surface area contributed by atoms with Gasteiger partial charge in [-0.15, -0.1) is 0 Å². The highest BCUT2D eigenvalue weighted by atomic mass is 16.1. The topological polar surface area (TPSA) is 43.1 Å². The van der Waals surface area contributed by atoms with Crippen LogP contribution in [0.25, 0.3) is 0 Å². The molecule has 42 valence electrons. The van der Waals surface area contributed by atoms with E-state index in [4.69, 9.17) is 5.57 Å². The minimum Gasteiger partial charge on any atom is -0.370 e. The zero-order valence-electron chi connectivity index (χ0n) is 8.43. The lowest BCUT2D eigenvalue weighted by molar-refractivity contribution is -0.118. The minimum absolute atomic E-state index is 0.222. The second-order valence-electron chi connectivity index (χ2n) is 1.60. The fourth-order valence-corrected chi connectivity index (χ4v) is 0.247. The third kappa shape index (κ3) is 5.47. The summed E-state index contributed by atoms with van der Waals surface area (Å²) in [5.74, 6) is -1.65. The fourth-order valence-electron chi connectivity index (χ4n) is 0.247. The Hall–Kier alpha value is -0.530. The van der Waals surface area contributed by atoms with Gasteiger partial charge in [0.05, 0.1) is 0 Å². The van der Waals surface area contributed by atoms with E-state index in [0.29, 0.717) is 0 Å². The quantitative estimate of drug-likeness (QED) is 0.546. The highest BCUT2D eigenvalue weighted by Gasteiger charge is 1.96. The van der Waals surface area contributed by atoms with Gasteiger partial charge in [-0.05, 0) is 5.92 Å². The van der Waals surface area contributed by atoms with Crippen LogP contribution in [0, 0.1) is 5.92 Å². The first-order valence-electron chi connectivity index (χ1n) is 4.02. The van der Waals surface area contributed by atoms with E-state index < -0.39 is 18.2 Å². The number of hydrogen-bond donors (Lipinski definition) is 1. The number of amides is 1. The van der Waals surface area contributed by atoms with Gasteiger partial charge in [0.2, 0.25) is 5.91 Å². The molecule has 0 fully saturated rings. The number of carbonyl (C=O) groups excluding carboxylic acids is 1. The van der Waals surface area contributed by atoms with Crippen LogP contribution in [0.4, 0.5) is 0 Å². The third-order valence-corrected chi connectivity index (χ3v) is 0.412. The van der Waals surface area contributed by atoms with Crippen LogP contribution < -0.4 is 5.72 Å². The van der Waals surface area contributed by atoms with Crippen LogP contribution in [0.1, 0.15) is 23.0 Å². The molecule has 0 aliphatic rings. The molecular formula is C5H11NO. The summed E-state index contributed by atoms with van der Waals surface area (Å²) in [5, 5.41) is 0. The Morgan fingerprint density at radius 3 is 2.86 bits per heavy atom. The minimum atomic E-state index is -2.11. The summed E-state index contributed by atoms with van der Waals surface area (Å²) in [4.78, 5) is 10.8. The van der Waals surface area contributed by atoms with E-state index in [9.17, 15) is 4.79 Å². The lowest BCUT2D eigenvalue weighted by Gasteiger charge is -1.95. The van der Waals surface area contributed by atoms with Crippen LogP contribution in [0.5, 0.6) is 0 Å². The SMILES string of the molecule is [2H]N([2H])C(=O)C([2H])([2H])C(C)C. The molecule has 0 unspecified atom stereocenters. The Bertz CT molecular complexity index is 157. The maximum Gasteiger partial charge on any atom is 0.217 e. The second-order valence-corrected chi connectivity index (χ2v) is 1.60. The van der Waals surface area contributed by atoms with Gasteiger partial charge in [-0.3, -0.25) is 4.79 Å². The summed E-state index contributed by atoms with van der Waals surface area (Å²) in [5.41, 5.74) is -0.222. The van der Waals surface area contributed by atoms with Crippen molar-refractivity contribution in [1.29, 1.82) is 0 Å². The molecule has 0 atom stereocenters. The number of primary amides is 1. The van der Waals surface area contributed by atoms with Crippen molar-refractivity contribution >= 4 is 5.91 Å². The molecule has 0 bridgehead atoms. The maximum atomic E-state index is 10.8. The van der Waals surface area contributed by atoms with Crippen molar-refractivity contribution in [2.45, 2.75) is 20.2 Å². The molecule has 0 rings (SSSR count). The number of hydrogen-bond acceptors (Lipinski definition) is 1. The van der Waals surface area contributed by atoms with E-state index in [2.05, 4.69) is 0 Å². The summed E-state index contributed by atoms with van der Waals surface area (Å²) in [6.45, 7) is 3.06. The van der Waals surface area contributed by atoms with Gasteiger partial charge >= 0.3 is 0 Å². The molecule has 2 nitrogen and oxygen atoms in total. The third-order valence-electron chi connectivity index (χ3n) is 0.412. The highest BCUT2D eigenvalue weighted by molar-refractivity contribution is 5.73. The Morgan fingerprint density at radius 1 is 2.14 bits per heavy atom. The van der Waals surface area contributed by atoms with E-state index in [0.717, 1.165) is 0 Å². The fraction of sp³-hybridized carbons (Fsp3) is 0.800. The molecule has 2 N–H and O–H groups in total. The van der Waals surface area contributed by atoms with Crippen LogP contribution in [-0.4, -0.2) is 5.91 Å². The van der Waals surface area contributed by atoms with E-state index in [1.54, 1.807) is 0 Å². The number of rotatable bonds is 2. The zero-order chi connectivity index (χ0) is 9.23. The predicted octanol–water partition coefficient (Wildman–Crippen LogP) is 0.518. The van der Waals surface area contributed by atoms with E-state index in [1.165, 1.54) is 13.8 Å². The second kappa shape index (κ2) is 2.61. The summed E-state index contributed by atoms with van der Waals surface area (Å²) < 4.78 is 27.4. The summed E-state index contributed by atoms with van der Waals surface area (Å²) in [6, 6.07) is 0. The first-order valence-corrected chi connectivity index (χ1v) is 2.12. The molecule has 7 heavy (non-hydrogen) atoms. The molecule has 2 heteroatoms. The highest BCUT2D eigenvalue weighted by Crippen LogP contribution is 1.95. The van der Waals surface area contributed by atoms with Crippen LogP contribution in [0.2, 0.25) is 2.82 Å². The molecule has 0 radical (unpaired) electrons. The van der Waals surface area contributed by atoms with Gasteiger partial charge < -0.3 is 5.72 Å². The largest absolute Gasteiger partial charge is 0.370 e. The molecular weight excluding hydrogens is 90.1 g/mol. The van der Waals surface area contributed by atoms with Crippen LogP contribution in [0.15, 0.2) is 0 Å². The molecule has 0 aliphatic carbocycles.